The van der Waals surface area contributed by atoms with Gasteiger partial charge >= 0.3 is 5.97 Å². The van der Waals surface area contributed by atoms with Crippen molar-refractivity contribution in [3.8, 4) is 0 Å². The van der Waals surface area contributed by atoms with Gasteiger partial charge < -0.3 is 5.11 Å². The third kappa shape index (κ3) is 3.83. The van der Waals surface area contributed by atoms with Crippen molar-refractivity contribution in [3.63, 3.8) is 0 Å². The first kappa shape index (κ1) is 11.8. The molecule has 0 saturated carbocycles. The molecule has 0 bridgehead atoms. The lowest BCUT2D eigenvalue weighted by Crippen LogP contribution is -2.28. The smallest absolute Gasteiger partial charge is 0.331 e. The van der Waals surface area contributed by atoms with Gasteiger partial charge in [0.1, 0.15) is 0 Å². The fraction of sp³-hybridized carbons (Fsp3) is 0.0909. The van der Waals surface area contributed by atoms with Gasteiger partial charge in [-0.15, -0.1) is 0 Å². The number of carboxylic acids is 1. The van der Waals surface area contributed by atoms with Crippen molar-refractivity contribution in [1.29, 1.82) is 0 Å². The van der Waals surface area contributed by atoms with Crippen molar-refractivity contribution in [3.05, 3.63) is 42.0 Å². The van der Waals surface area contributed by atoms with E-state index in [4.69, 9.17) is 5.11 Å². The van der Waals surface area contributed by atoms with Crippen molar-refractivity contribution in [2.75, 3.05) is 5.43 Å². The standard InChI is InChI=1S/C11H12N2O3/c1-8(11(15)16)7-10(14)13-12-9-5-3-2-4-6-9/h2-7,12H,1H3,(H,13,14)(H,15,16)/b8-7-. The Labute approximate surface area is 92.8 Å². The number of benzene rings is 1. The number of amides is 1. The maximum absolute atomic E-state index is 11.2. The van der Waals surface area contributed by atoms with Crippen molar-refractivity contribution >= 4 is 17.6 Å². The number of aliphatic carboxylic acids is 1. The van der Waals surface area contributed by atoms with E-state index in [2.05, 4.69) is 10.9 Å². The van der Waals surface area contributed by atoms with Crippen LogP contribution in [-0.2, 0) is 9.59 Å². The third-order valence-corrected chi connectivity index (χ3v) is 1.79. The molecule has 0 aliphatic heterocycles. The fourth-order valence-electron chi connectivity index (χ4n) is 0.950. The van der Waals surface area contributed by atoms with Gasteiger partial charge in [-0.05, 0) is 19.1 Å². The van der Waals surface area contributed by atoms with E-state index in [9.17, 15) is 9.59 Å². The highest BCUT2D eigenvalue weighted by Crippen LogP contribution is 2.02. The summed E-state index contributed by atoms with van der Waals surface area (Å²) in [7, 11) is 0. The Morgan fingerprint density at radius 3 is 2.44 bits per heavy atom. The van der Waals surface area contributed by atoms with Crippen LogP contribution in [-0.4, -0.2) is 17.0 Å². The number of hydrogen-bond acceptors (Lipinski definition) is 3. The Hall–Kier alpha value is -2.30. The molecule has 0 fully saturated rings. The van der Waals surface area contributed by atoms with Crippen molar-refractivity contribution in [2.24, 2.45) is 0 Å². The second-order valence-corrected chi connectivity index (χ2v) is 3.11. The Morgan fingerprint density at radius 1 is 1.25 bits per heavy atom. The van der Waals surface area contributed by atoms with Crippen molar-refractivity contribution in [2.45, 2.75) is 6.92 Å². The average molecular weight is 220 g/mol. The van der Waals surface area contributed by atoms with Crippen molar-refractivity contribution in [1.82, 2.24) is 5.43 Å². The van der Waals surface area contributed by atoms with Gasteiger partial charge in [0.2, 0.25) is 0 Å². The molecule has 0 radical (unpaired) electrons. The molecular formula is C11H12N2O3. The zero-order valence-electron chi connectivity index (χ0n) is 8.73. The summed E-state index contributed by atoms with van der Waals surface area (Å²) in [6.45, 7) is 1.35. The highest BCUT2D eigenvalue weighted by molar-refractivity contribution is 5.97. The van der Waals surface area contributed by atoms with E-state index in [0.29, 0.717) is 0 Å². The molecule has 1 aromatic carbocycles. The molecule has 5 nitrogen and oxygen atoms in total. The minimum Gasteiger partial charge on any atom is -0.478 e. The summed E-state index contributed by atoms with van der Waals surface area (Å²) < 4.78 is 0. The Balaban J connectivity index is 2.48. The number of hydrazine groups is 1. The van der Waals surface area contributed by atoms with Crippen LogP contribution in [0.15, 0.2) is 42.0 Å². The van der Waals surface area contributed by atoms with E-state index in [1.54, 1.807) is 12.1 Å². The number of rotatable bonds is 4. The molecule has 16 heavy (non-hydrogen) atoms. The predicted molar refractivity (Wildman–Crippen MR) is 59.6 cm³/mol. The van der Waals surface area contributed by atoms with Crippen LogP contribution in [0.4, 0.5) is 5.69 Å². The molecule has 0 heterocycles. The summed E-state index contributed by atoms with van der Waals surface area (Å²) in [6.07, 6.45) is 1.01. The van der Waals surface area contributed by atoms with Gasteiger partial charge in [0.15, 0.2) is 0 Å². The van der Waals surface area contributed by atoms with Gasteiger partial charge in [0, 0.05) is 11.6 Å². The first-order chi connectivity index (χ1) is 7.59. The summed E-state index contributed by atoms with van der Waals surface area (Å²) in [4.78, 5) is 21.7. The second-order valence-electron chi connectivity index (χ2n) is 3.11. The van der Waals surface area contributed by atoms with Gasteiger partial charge in [-0.25, -0.2) is 4.79 Å². The maximum atomic E-state index is 11.2. The zero-order valence-corrected chi connectivity index (χ0v) is 8.73. The SMILES string of the molecule is C/C(=C/C(=O)NNc1ccccc1)C(=O)O. The molecule has 0 aliphatic carbocycles. The molecule has 0 aliphatic rings. The lowest BCUT2D eigenvalue weighted by Gasteiger charge is -2.05. The largest absolute Gasteiger partial charge is 0.478 e. The van der Waals surface area contributed by atoms with E-state index in [1.807, 2.05) is 18.2 Å². The number of anilines is 1. The van der Waals surface area contributed by atoms with Crippen LogP contribution >= 0.6 is 0 Å². The number of nitrogens with one attached hydrogen (secondary N) is 2. The molecule has 0 spiro atoms. The van der Waals surface area contributed by atoms with Crippen LogP contribution in [0.25, 0.3) is 0 Å². The zero-order chi connectivity index (χ0) is 12.0. The van der Waals surface area contributed by atoms with Gasteiger partial charge in [-0.3, -0.25) is 15.6 Å². The highest BCUT2D eigenvalue weighted by atomic mass is 16.4. The number of carbonyl (C=O) groups is 2. The average Bonchev–Trinajstić information content (AvgIpc) is 2.27. The normalized spacial score (nSPS) is 10.7. The fourth-order valence-corrected chi connectivity index (χ4v) is 0.950. The van der Waals surface area contributed by atoms with Gasteiger partial charge in [-0.2, -0.15) is 0 Å². The number of carboxylic acid groups (broad SMARTS) is 1. The third-order valence-electron chi connectivity index (χ3n) is 1.79. The first-order valence-corrected chi connectivity index (χ1v) is 4.62. The molecule has 5 heteroatoms. The molecule has 0 unspecified atom stereocenters. The van der Waals surface area contributed by atoms with Crippen molar-refractivity contribution < 1.29 is 14.7 Å². The van der Waals surface area contributed by atoms with Crippen LogP contribution < -0.4 is 10.9 Å². The predicted octanol–water partition coefficient (Wildman–Crippen LogP) is 1.16. The molecule has 1 amide bonds. The molecule has 0 saturated heterocycles. The monoisotopic (exact) mass is 220 g/mol. The molecule has 0 atom stereocenters. The van der Waals surface area contributed by atoms with E-state index < -0.39 is 11.9 Å². The van der Waals surface area contributed by atoms with Crippen LogP contribution in [0.5, 0.6) is 0 Å². The quantitative estimate of drug-likeness (QED) is 0.525. The molecule has 84 valence electrons. The molecule has 3 N–H and O–H groups in total. The minimum absolute atomic E-state index is 0.0210. The summed E-state index contributed by atoms with van der Waals surface area (Å²) >= 11 is 0. The second kappa shape index (κ2) is 5.55. The van der Waals surface area contributed by atoms with Gasteiger partial charge in [0.25, 0.3) is 5.91 Å². The van der Waals surface area contributed by atoms with Crippen LogP contribution in [0.3, 0.4) is 0 Å². The lowest BCUT2D eigenvalue weighted by atomic mass is 10.3. The summed E-state index contributed by atoms with van der Waals surface area (Å²) in [5.74, 6) is -1.63. The Bertz CT molecular complexity index is 412. The lowest BCUT2D eigenvalue weighted by molar-refractivity contribution is -0.133. The summed E-state index contributed by atoms with van der Waals surface area (Å²) in [5.41, 5.74) is 5.71. The summed E-state index contributed by atoms with van der Waals surface area (Å²) in [5, 5.41) is 8.55. The van der Waals surface area contributed by atoms with Gasteiger partial charge in [-0.1, -0.05) is 18.2 Å². The molecule has 1 rings (SSSR count). The first-order valence-electron chi connectivity index (χ1n) is 4.62. The highest BCUT2D eigenvalue weighted by Gasteiger charge is 2.03. The minimum atomic E-state index is -1.12. The van der Waals surface area contributed by atoms with Crippen LogP contribution in [0.2, 0.25) is 0 Å². The molecule has 0 aromatic heterocycles. The van der Waals surface area contributed by atoms with E-state index in [0.717, 1.165) is 11.8 Å². The van der Waals surface area contributed by atoms with E-state index in [-0.39, 0.29) is 5.57 Å². The number of hydrogen-bond donors (Lipinski definition) is 3. The Morgan fingerprint density at radius 2 is 1.88 bits per heavy atom. The summed E-state index contributed by atoms with van der Waals surface area (Å²) in [6, 6.07) is 9.02. The molecule has 1 aromatic rings. The number of carbonyl (C=O) groups excluding carboxylic acids is 1. The Kier molecular flexibility index (Phi) is 4.08. The van der Waals surface area contributed by atoms with Gasteiger partial charge in [0.05, 0.1) is 5.69 Å². The topological polar surface area (TPSA) is 78.4 Å². The van der Waals surface area contributed by atoms with E-state index in [1.165, 1.54) is 6.92 Å². The number of para-hydroxylation sites is 1. The molecular weight excluding hydrogens is 208 g/mol. The van der Waals surface area contributed by atoms with Crippen LogP contribution in [0.1, 0.15) is 6.92 Å². The van der Waals surface area contributed by atoms with E-state index >= 15 is 0 Å². The maximum Gasteiger partial charge on any atom is 0.331 e. The van der Waals surface area contributed by atoms with Crippen LogP contribution in [0, 0.1) is 0 Å².